The molecule has 17 rings (SSSR count). The number of pyridine rings is 5. The Kier molecular flexibility index (Phi) is 28.7. The number of rotatable bonds is 27. The second kappa shape index (κ2) is 40.2. The highest BCUT2D eigenvalue weighted by molar-refractivity contribution is 6.31. The lowest BCUT2D eigenvalue weighted by Crippen LogP contribution is -2.44. The zero-order valence-corrected chi connectivity index (χ0v) is 70.9. The molecule has 0 saturated carbocycles. The van der Waals surface area contributed by atoms with E-state index in [-0.39, 0.29) is 72.5 Å². The summed E-state index contributed by atoms with van der Waals surface area (Å²) in [4.78, 5) is 166. The molecule has 5 N–H and O–H groups in total. The van der Waals surface area contributed by atoms with Crippen LogP contribution >= 0.6 is 11.6 Å². The van der Waals surface area contributed by atoms with Crippen molar-refractivity contribution in [3.63, 3.8) is 0 Å². The van der Waals surface area contributed by atoms with Crippen LogP contribution in [0.15, 0.2) is 298 Å². The number of ether oxygens (including phenoxy) is 1. The highest BCUT2D eigenvalue weighted by atomic mass is 35.5. The Balaban J connectivity index is 0.000000137. The molecule has 5 unspecified atom stereocenters. The predicted octanol–water partition coefficient (Wildman–Crippen LogP) is 12.6. The Labute approximate surface area is 742 Å². The maximum Gasteiger partial charge on any atom is 0.326 e. The first-order valence-corrected chi connectivity index (χ1v) is 41.8. The van der Waals surface area contributed by atoms with Gasteiger partial charge in [0.2, 0.25) is 0 Å². The van der Waals surface area contributed by atoms with Gasteiger partial charge in [0.15, 0.2) is 56.9 Å². The van der Waals surface area contributed by atoms with E-state index in [1.807, 2.05) is 91.9 Å². The number of likely N-dealkylation sites (N-methyl/N-ethyl adjacent to an activating group) is 1. The summed E-state index contributed by atoms with van der Waals surface area (Å²) in [6, 6.07) is 75.4. The summed E-state index contributed by atoms with van der Waals surface area (Å²) >= 11 is 6.13. The lowest BCUT2D eigenvalue weighted by Gasteiger charge is -2.22. The molecule has 7 aromatic carbocycles. The van der Waals surface area contributed by atoms with Crippen LogP contribution < -0.4 is 24.5 Å². The number of nitrogens with zero attached hydrogens (tertiary/aromatic N) is 10. The number of benzene rings is 7. The third-order valence-electron chi connectivity index (χ3n) is 22.5. The summed E-state index contributed by atoms with van der Waals surface area (Å²) in [5, 5.41) is 55.9. The summed E-state index contributed by atoms with van der Waals surface area (Å²) in [6.07, 6.45) is 10.3. The molecule has 0 spiro atoms. The van der Waals surface area contributed by atoms with Gasteiger partial charge in [-0.05, 0) is 140 Å². The Bertz CT molecular complexity index is 6100. The molecule has 5 aliphatic heterocycles. The van der Waals surface area contributed by atoms with Crippen LogP contribution in [-0.4, -0.2) is 155 Å². The first kappa shape index (κ1) is 91.3. The van der Waals surface area contributed by atoms with Crippen molar-refractivity contribution in [3.05, 3.63) is 370 Å². The van der Waals surface area contributed by atoms with Gasteiger partial charge in [-0.3, -0.25) is 82.6 Å². The molecule has 0 radical (unpaired) electrons. The minimum atomic E-state index is -2.04. The summed E-state index contributed by atoms with van der Waals surface area (Å²) in [6.45, 7) is 4.92. The monoisotopic (exact) mass is 1740 g/mol. The molecule has 5 aromatic heterocycles. The van der Waals surface area contributed by atoms with Gasteiger partial charge >= 0.3 is 5.97 Å². The van der Waals surface area contributed by atoms with Gasteiger partial charge in [0.25, 0.3) is 29.5 Å². The van der Waals surface area contributed by atoms with Crippen LogP contribution in [0.25, 0.3) is 0 Å². The van der Waals surface area contributed by atoms with Crippen LogP contribution in [0.2, 0.25) is 5.02 Å². The number of aliphatic hydroxyl groups is 5. The number of fused-ring (bicyclic) bond motifs is 5. The molecule has 5 amide bonds. The molecule has 12 aromatic rings. The third kappa shape index (κ3) is 19.5. The summed E-state index contributed by atoms with van der Waals surface area (Å²) < 4.78 is 4.89. The van der Waals surface area contributed by atoms with Crippen molar-refractivity contribution in [1.82, 2.24) is 24.9 Å². The number of anilines is 5. The van der Waals surface area contributed by atoms with Gasteiger partial charge in [0, 0.05) is 102 Å². The zero-order chi connectivity index (χ0) is 90.9. The van der Waals surface area contributed by atoms with Crippen LogP contribution in [0.3, 0.4) is 0 Å². The molecule has 10 heterocycles. The van der Waals surface area contributed by atoms with Crippen LogP contribution in [-0.2, 0) is 74.4 Å². The van der Waals surface area contributed by atoms with Crippen molar-refractivity contribution in [2.24, 2.45) is 0 Å². The normalized spacial score (nSPS) is 18.8. The molecular formula is C100H91ClN10O17. The summed E-state index contributed by atoms with van der Waals surface area (Å²) in [5.41, 5.74) is -1.07. The predicted molar refractivity (Wildman–Crippen MR) is 477 cm³/mol. The fourth-order valence-corrected chi connectivity index (χ4v) is 16.2. The molecule has 128 heavy (non-hydrogen) atoms. The number of para-hydroxylation sites is 4. The first-order chi connectivity index (χ1) is 61.7. The van der Waals surface area contributed by atoms with Crippen molar-refractivity contribution < 1.29 is 83.0 Å². The lowest BCUT2D eigenvalue weighted by atomic mass is 9.88. The number of unbranched alkanes of at least 4 members (excludes halogenated alkanes) is 1. The summed E-state index contributed by atoms with van der Waals surface area (Å²) in [5.74, 6) is -5.11. The van der Waals surface area contributed by atoms with Crippen molar-refractivity contribution >= 4 is 104 Å². The third-order valence-corrected chi connectivity index (χ3v) is 22.7. The molecule has 5 atom stereocenters. The topological polar surface area (TPSA) is 379 Å². The smallest absolute Gasteiger partial charge is 0.326 e. The summed E-state index contributed by atoms with van der Waals surface area (Å²) in [7, 11) is 1.59. The van der Waals surface area contributed by atoms with E-state index in [1.165, 1.54) is 46.9 Å². The van der Waals surface area contributed by atoms with E-state index in [4.69, 9.17) is 16.3 Å². The maximum atomic E-state index is 13.2. The number of halogens is 1. The van der Waals surface area contributed by atoms with Gasteiger partial charge in [0.1, 0.15) is 29.3 Å². The number of carbonyl (C=O) groups is 11. The SMILES string of the molecule is CCCCN1C(=O)C(O)(CC(=O)c2ccccn2)c2ccccc21.CCOC(=O)CN1C(=O)C(O)(CC(=O)c2ccccn2)c2ccccc21.CN1C(=O)C(O)(CC(=O)c2ccccn2)c2ccccc21.O=C(CC1(O)C(=O)N(CCc2ccccc2)c2ccc(Cl)cc21)c1ccccn1.O=C(CC1(O)C(=O)N(CCc2ccccc2)c2ccccc21)c1cccnc1. The van der Waals surface area contributed by atoms with Gasteiger partial charge in [0.05, 0.1) is 67.1 Å². The Hall–Kier alpha value is -14.5. The van der Waals surface area contributed by atoms with Crippen molar-refractivity contribution in [2.75, 3.05) is 64.3 Å². The van der Waals surface area contributed by atoms with Gasteiger partial charge in [-0.1, -0.05) is 183 Å². The van der Waals surface area contributed by atoms with Crippen LogP contribution in [0.4, 0.5) is 28.4 Å². The van der Waals surface area contributed by atoms with Crippen molar-refractivity contribution in [3.8, 4) is 0 Å². The standard InChI is InChI=1S/C23H19ClN2O3.C23H20N2O3.C19H18N2O5.C19H20N2O3.C16H14N2O3/c24-17-9-10-20-18(14-17)23(29,15-21(27)19-8-4-5-12-25-19)22(28)26(20)13-11-16-6-2-1-3-7-16;26-21(18-9-6-13-24-16-18)15-23(28)19-10-4-5-11-20(19)25(22(23)27)14-12-17-7-2-1-3-8-17;1-2-26-17(23)12-21-15-9-4-3-7-13(15)19(25,18(21)24)11-16(22)14-8-5-6-10-20-14;1-2-3-12-21-16-10-5-4-8-14(16)19(24,18(21)23)13-17(22)15-9-6-7-11-20-15;1-18-13-8-3-2-6-11(13)16(21,15(18)20)10-14(19)12-7-4-5-9-17-12/h1-10,12,14,29H,11,13,15H2;1-11,13,16,28H,12,14-15H2;3-10,25H,2,11-12H2,1H3;4-11,24H,2-3,12-13H2,1H3;2-9,21H,10H2,1H3. The number of hydrogen-bond acceptors (Lipinski definition) is 22. The van der Waals surface area contributed by atoms with E-state index in [0.29, 0.717) is 99.3 Å². The van der Waals surface area contributed by atoms with Crippen LogP contribution in [0.5, 0.6) is 0 Å². The van der Waals surface area contributed by atoms with E-state index in [0.717, 1.165) is 28.9 Å². The van der Waals surface area contributed by atoms with Crippen LogP contribution in [0, 0.1) is 0 Å². The lowest BCUT2D eigenvalue weighted by molar-refractivity contribution is -0.144. The zero-order valence-electron chi connectivity index (χ0n) is 70.2. The number of amides is 5. The first-order valence-electron chi connectivity index (χ1n) is 41.5. The van der Waals surface area contributed by atoms with Gasteiger partial charge in [-0.25, -0.2) is 0 Å². The molecule has 0 fully saturated rings. The Morgan fingerprint density at radius 2 is 0.688 bits per heavy atom. The van der Waals surface area contributed by atoms with Gasteiger partial charge in [-0.15, -0.1) is 0 Å². The van der Waals surface area contributed by atoms with E-state index in [2.05, 4.69) is 24.9 Å². The number of esters is 1. The van der Waals surface area contributed by atoms with E-state index in [9.17, 15) is 78.3 Å². The Morgan fingerprint density at radius 3 is 1.07 bits per heavy atom. The molecular weight excluding hydrogens is 1650 g/mol. The second-order valence-corrected chi connectivity index (χ2v) is 31.3. The fraction of sp³-hybridized carbons (Fsp3) is 0.220. The Morgan fingerprint density at radius 1 is 0.352 bits per heavy atom. The molecule has 0 saturated heterocycles. The maximum absolute atomic E-state index is 13.2. The number of Topliss-reactive ketones (excluding diaryl/α,β-unsaturated/α-hetero) is 5. The molecule has 0 bridgehead atoms. The average Bonchev–Trinajstić information content (AvgIpc) is 1.87. The molecule has 0 aliphatic carbocycles. The molecule has 28 heteroatoms. The van der Waals surface area contributed by atoms with Crippen molar-refractivity contribution in [2.45, 2.75) is 99.6 Å². The molecule has 650 valence electrons. The number of ketones is 5. The highest BCUT2D eigenvalue weighted by Crippen LogP contribution is 2.49. The minimum Gasteiger partial charge on any atom is -0.465 e. The van der Waals surface area contributed by atoms with Gasteiger partial charge < -0.3 is 49.9 Å². The van der Waals surface area contributed by atoms with Gasteiger partial charge in [-0.2, -0.15) is 0 Å². The largest absolute Gasteiger partial charge is 0.465 e. The minimum absolute atomic E-state index is 0.162. The van der Waals surface area contributed by atoms with E-state index < -0.39 is 87.9 Å². The number of carbonyl (C=O) groups excluding carboxylic acids is 11. The molecule has 27 nitrogen and oxygen atoms in total. The quantitative estimate of drug-likeness (QED) is 0.0236. The number of aromatic nitrogens is 5. The second-order valence-electron chi connectivity index (χ2n) is 30.9. The van der Waals surface area contributed by atoms with Crippen molar-refractivity contribution in [1.29, 1.82) is 0 Å². The van der Waals surface area contributed by atoms with E-state index in [1.54, 1.807) is 200 Å². The number of hydrogen-bond donors (Lipinski definition) is 5. The fourth-order valence-electron chi connectivity index (χ4n) is 16.0. The molecule has 5 aliphatic rings. The highest BCUT2D eigenvalue weighted by Gasteiger charge is 2.56. The van der Waals surface area contributed by atoms with E-state index >= 15 is 0 Å². The average molecular weight is 1740 g/mol. The van der Waals surface area contributed by atoms with Crippen LogP contribution in [0.1, 0.15) is 150 Å².